The number of hydrogen-bond donors (Lipinski definition) is 1. The van der Waals surface area contributed by atoms with Gasteiger partial charge in [0.2, 0.25) is 5.91 Å². The summed E-state index contributed by atoms with van der Waals surface area (Å²) in [4.78, 5) is 26.2. The first kappa shape index (κ1) is 20.9. The molecule has 31 heavy (non-hydrogen) atoms. The second-order valence-electron chi connectivity index (χ2n) is 8.36. The molecular formula is C26H29N3O2. The smallest absolute Gasteiger partial charge is 0.253 e. The second-order valence-corrected chi connectivity index (χ2v) is 8.36. The van der Waals surface area contributed by atoms with Crippen molar-refractivity contribution in [3.63, 3.8) is 0 Å². The number of hydrogen-bond acceptors (Lipinski definition) is 2. The number of benzene rings is 2. The van der Waals surface area contributed by atoms with Gasteiger partial charge in [-0.3, -0.25) is 9.59 Å². The number of allylic oxidation sites excluding steroid dienone is 1. The Morgan fingerprint density at radius 2 is 1.84 bits per heavy atom. The van der Waals surface area contributed by atoms with Crippen molar-refractivity contribution in [3.8, 4) is 11.1 Å². The summed E-state index contributed by atoms with van der Waals surface area (Å²) in [7, 11) is 3.89. The molecule has 4 rings (SSSR count). The van der Waals surface area contributed by atoms with Gasteiger partial charge in [0, 0.05) is 55.4 Å². The summed E-state index contributed by atoms with van der Waals surface area (Å²) in [5.74, 6) is 0.338. The molecule has 1 aromatic heterocycles. The number of nitrogens with one attached hydrogen (secondary N) is 1. The van der Waals surface area contributed by atoms with Crippen LogP contribution >= 0.6 is 0 Å². The highest BCUT2D eigenvalue weighted by Crippen LogP contribution is 2.26. The van der Waals surface area contributed by atoms with Gasteiger partial charge in [-0.2, -0.15) is 0 Å². The van der Waals surface area contributed by atoms with Crippen molar-refractivity contribution in [1.29, 1.82) is 0 Å². The predicted molar refractivity (Wildman–Crippen MR) is 125 cm³/mol. The average molecular weight is 416 g/mol. The van der Waals surface area contributed by atoms with Gasteiger partial charge >= 0.3 is 0 Å². The van der Waals surface area contributed by atoms with E-state index in [0.717, 1.165) is 29.7 Å². The molecule has 0 bridgehead atoms. The van der Waals surface area contributed by atoms with E-state index in [9.17, 15) is 9.59 Å². The van der Waals surface area contributed by atoms with Crippen LogP contribution in [0.25, 0.3) is 22.0 Å². The van der Waals surface area contributed by atoms with Gasteiger partial charge in [-0.25, -0.2) is 0 Å². The summed E-state index contributed by atoms with van der Waals surface area (Å²) < 4.78 is 2.11. The Balaban J connectivity index is 1.41. The number of aromatic nitrogens is 1. The topological polar surface area (TPSA) is 54.3 Å². The van der Waals surface area contributed by atoms with E-state index in [1.165, 1.54) is 10.9 Å². The molecule has 160 valence electrons. The Kier molecular flexibility index (Phi) is 5.94. The molecular weight excluding hydrogens is 386 g/mol. The molecule has 0 spiro atoms. The fraction of sp³-hybridized carbons (Fsp3) is 0.308. The zero-order valence-electron chi connectivity index (χ0n) is 18.4. The Morgan fingerprint density at radius 1 is 1.10 bits per heavy atom. The Morgan fingerprint density at radius 3 is 2.58 bits per heavy atom. The molecule has 1 aliphatic carbocycles. The van der Waals surface area contributed by atoms with E-state index < -0.39 is 0 Å². The zero-order valence-corrected chi connectivity index (χ0v) is 18.4. The van der Waals surface area contributed by atoms with Gasteiger partial charge in [-0.15, -0.1) is 0 Å². The van der Waals surface area contributed by atoms with Crippen molar-refractivity contribution in [1.82, 2.24) is 14.8 Å². The molecule has 2 aromatic carbocycles. The van der Waals surface area contributed by atoms with Crippen LogP contribution in [0.15, 0.2) is 66.5 Å². The predicted octanol–water partition coefficient (Wildman–Crippen LogP) is 4.74. The third kappa shape index (κ3) is 4.55. The minimum Gasteiger partial charge on any atom is -0.351 e. The third-order valence-corrected chi connectivity index (χ3v) is 6.05. The minimum absolute atomic E-state index is 0.0181. The fourth-order valence-corrected chi connectivity index (χ4v) is 4.23. The third-order valence-electron chi connectivity index (χ3n) is 6.05. The summed E-state index contributed by atoms with van der Waals surface area (Å²) >= 11 is 0. The summed E-state index contributed by atoms with van der Waals surface area (Å²) in [6.45, 7) is 2.50. The average Bonchev–Trinajstić information content (AvgIpc) is 3.39. The van der Waals surface area contributed by atoms with Crippen LogP contribution in [0.1, 0.15) is 36.5 Å². The molecule has 0 radical (unpaired) electrons. The molecule has 1 atom stereocenters. The number of amides is 2. The van der Waals surface area contributed by atoms with Crippen molar-refractivity contribution in [2.75, 3.05) is 13.6 Å². The van der Waals surface area contributed by atoms with Gasteiger partial charge in [-0.05, 0) is 60.2 Å². The number of rotatable bonds is 6. The van der Waals surface area contributed by atoms with Crippen LogP contribution < -0.4 is 5.32 Å². The largest absolute Gasteiger partial charge is 0.351 e. The summed E-state index contributed by atoms with van der Waals surface area (Å²) in [6, 6.07) is 16.4. The molecule has 1 unspecified atom stereocenters. The SMILES string of the molecule is CCC(=O)NC1=CC(CN(C)C(=O)c2ccc(-c3ccc4c(ccn4C)c3)cc2)CC1. The Labute approximate surface area is 183 Å². The van der Waals surface area contributed by atoms with Gasteiger partial charge in [0.15, 0.2) is 0 Å². The van der Waals surface area contributed by atoms with Crippen LogP contribution in [-0.2, 0) is 11.8 Å². The van der Waals surface area contributed by atoms with E-state index >= 15 is 0 Å². The molecule has 5 nitrogen and oxygen atoms in total. The lowest BCUT2D eigenvalue weighted by Gasteiger charge is -2.20. The minimum atomic E-state index is 0.0181. The summed E-state index contributed by atoms with van der Waals surface area (Å²) in [6.07, 6.45) is 6.46. The van der Waals surface area contributed by atoms with Crippen LogP contribution in [0.4, 0.5) is 0 Å². The Bertz CT molecular complexity index is 1140. The molecule has 0 saturated heterocycles. The normalized spacial score (nSPS) is 15.7. The maximum Gasteiger partial charge on any atom is 0.253 e. The maximum atomic E-state index is 12.9. The first-order valence-electron chi connectivity index (χ1n) is 10.9. The number of fused-ring (bicyclic) bond motifs is 1. The molecule has 1 aliphatic rings. The number of nitrogens with zero attached hydrogens (tertiary/aromatic N) is 2. The molecule has 2 amide bonds. The highest BCUT2D eigenvalue weighted by molar-refractivity contribution is 5.95. The zero-order chi connectivity index (χ0) is 22.0. The standard InChI is InChI=1S/C26H29N3O2/c1-4-25(30)27-23-11-5-18(15-23)17-29(3)26(31)20-8-6-19(7-9-20)21-10-12-24-22(16-21)13-14-28(24)2/h6-10,12-16,18H,4-5,11,17H2,1-3H3,(H,27,30). The lowest BCUT2D eigenvalue weighted by molar-refractivity contribution is -0.120. The molecule has 1 N–H and O–H groups in total. The molecule has 0 fully saturated rings. The molecule has 1 heterocycles. The van der Waals surface area contributed by atoms with Gasteiger partial charge in [0.05, 0.1) is 0 Å². The first-order chi connectivity index (χ1) is 14.9. The van der Waals surface area contributed by atoms with E-state index in [4.69, 9.17) is 0 Å². The molecule has 0 aliphatic heterocycles. The van der Waals surface area contributed by atoms with Crippen LogP contribution in [-0.4, -0.2) is 34.9 Å². The van der Waals surface area contributed by atoms with Crippen LogP contribution in [0.2, 0.25) is 0 Å². The number of aryl methyl sites for hydroxylation is 1. The molecule has 3 aromatic rings. The molecule has 5 heteroatoms. The van der Waals surface area contributed by atoms with Gasteiger partial charge in [-0.1, -0.05) is 31.2 Å². The lowest BCUT2D eigenvalue weighted by Crippen LogP contribution is -2.30. The second kappa shape index (κ2) is 8.80. The fourth-order valence-electron chi connectivity index (χ4n) is 4.23. The van der Waals surface area contributed by atoms with E-state index in [1.807, 2.05) is 45.3 Å². The highest BCUT2D eigenvalue weighted by atomic mass is 16.2. The van der Waals surface area contributed by atoms with Crippen molar-refractivity contribution in [2.24, 2.45) is 13.0 Å². The van der Waals surface area contributed by atoms with Crippen LogP contribution in [0.5, 0.6) is 0 Å². The van der Waals surface area contributed by atoms with Crippen LogP contribution in [0.3, 0.4) is 0 Å². The highest BCUT2D eigenvalue weighted by Gasteiger charge is 2.21. The lowest BCUT2D eigenvalue weighted by atomic mass is 10.0. The van der Waals surface area contributed by atoms with Gasteiger partial charge < -0.3 is 14.8 Å². The van der Waals surface area contributed by atoms with Crippen molar-refractivity contribution in [2.45, 2.75) is 26.2 Å². The quantitative estimate of drug-likeness (QED) is 0.632. The van der Waals surface area contributed by atoms with Crippen LogP contribution in [0, 0.1) is 5.92 Å². The number of carbonyl (C=O) groups is 2. The Hall–Kier alpha value is -3.34. The summed E-state index contributed by atoms with van der Waals surface area (Å²) in [5.41, 5.74) is 5.12. The summed E-state index contributed by atoms with van der Waals surface area (Å²) in [5, 5.41) is 4.15. The molecule has 0 saturated carbocycles. The van der Waals surface area contributed by atoms with Gasteiger partial charge in [0.25, 0.3) is 5.91 Å². The van der Waals surface area contributed by atoms with E-state index in [2.05, 4.69) is 46.4 Å². The van der Waals surface area contributed by atoms with E-state index in [0.29, 0.717) is 18.5 Å². The van der Waals surface area contributed by atoms with Crippen molar-refractivity contribution < 1.29 is 9.59 Å². The van der Waals surface area contributed by atoms with E-state index in [-0.39, 0.29) is 17.7 Å². The maximum absolute atomic E-state index is 12.9. The van der Waals surface area contributed by atoms with Crippen molar-refractivity contribution in [3.05, 3.63) is 72.1 Å². The van der Waals surface area contributed by atoms with Crippen molar-refractivity contribution >= 4 is 22.7 Å². The van der Waals surface area contributed by atoms with E-state index in [1.54, 1.807) is 4.90 Å². The number of carbonyl (C=O) groups excluding carboxylic acids is 2. The monoisotopic (exact) mass is 415 g/mol. The first-order valence-corrected chi connectivity index (χ1v) is 10.9. The van der Waals surface area contributed by atoms with Gasteiger partial charge in [0.1, 0.15) is 0 Å².